The van der Waals surface area contributed by atoms with Crippen LogP contribution >= 0.6 is 0 Å². The van der Waals surface area contributed by atoms with Crippen LogP contribution < -0.4 is 9.47 Å². The van der Waals surface area contributed by atoms with Crippen LogP contribution in [0.1, 0.15) is 26.2 Å². The topological polar surface area (TPSA) is 38.8 Å². The predicted molar refractivity (Wildman–Crippen MR) is 71.4 cm³/mol. The highest BCUT2D eigenvalue weighted by Gasteiger charge is 2.33. The Balaban J connectivity index is 1.72. The van der Waals surface area contributed by atoms with Crippen LogP contribution in [0.5, 0.6) is 11.5 Å². The van der Waals surface area contributed by atoms with Crippen LogP contribution in [0, 0.1) is 0 Å². The maximum absolute atomic E-state index is 12.5. The van der Waals surface area contributed by atoms with E-state index in [1.165, 1.54) is 6.42 Å². The van der Waals surface area contributed by atoms with Crippen molar-refractivity contribution in [3.8, 4) is 11.5 Å². The number of hydrogen-bond donors (Lipinski definition) is 0. The SMILES string of the molecule is C[C@H]1CCCCN1C(=O)[C@H]1COc2ccccc2O1. The van der Waals surface area contributed by atoms with E-state index in [0.29, 0.717) is 18.4 Å². The smallest absolute Gasteiger partial charge is 0.267 e. The zero-order valence-corrected chi connectivity index (χ0v) is 11.2. The van der Waals surface area contributed by atoms with Crippen molar-refractivity contribution in [1.82, 2.24) is 4.90 Å². The van der Waals surface area contributed by atoms with Gasteiger partial charge in [0.2, 0.25) is 6.10 Å². The summed E-state index contributed by atoms with van der Waals surface area (Å²) in [7, 11) is 0. The van der Waals surface area contributed by atoms with Gasteiger partial charge in [0, 0.05) is 12.6 Å². The molecule has 1 amide bonds. The van der Waals surface area contributed by atoms with Crippen molar-refractivity contribution in [3.63, 3.8) is 0 Å². The van der Waals surface area contributed by atoms with Gasteiger partial charge in [-0.3, -0.25) is 4.79 Å². The Morgan fingerprint density at radius 3 is 2.84 bits per heavy atom. The van der Waals surface area contributed by atoms with E-state index >= 15 is 0 Å². The average molecular weight is 261 g/mol. The second kappa shape index (κ2) is 5.11. The number of benzene rings is 1. The van der Waals surface area contributed by atoms with E-state index in [4.69, 9.17) is 9.47 Å². The van der Waals surface area contributed by atoms with Crippen LogP contribution in [0.25, 0.3) is 0 Å². The minimum atomic E-state index is -0.504. The van der Waals surface area contributed by atoms with Gasteiger partial charge in [-0.2, -0.15) is 0 Å². The molecule has 4 heteroatoms. The standard InChI is InChI=1S/C15H19NO3/c1-11-6-4-5-9-16(11)15(17)14-10-18-12-7-2-3-8-13(12)19-14/h2-3,7-8,11,14H,4-6,9-10H2,1H3/t11-,14+/m0/s1. The molecule has 102 valence electrons. The van der Waals surface area contributed by atoms with Crippen molar-refractivity contribution in [1.29, 1.82) is 0 Å². The summed E-state index contributed by atoms with van der Waals surface area (Å²) in [5, 5.41) is 0. The molecule has 19 heavy (non-hydrogen) atoms. The van der Waals surface area contributed by atoms with E-state index in [1.807, 2.05) is 29.2 Å². The summed E-state index contributed by atoms with van der Waals surface area (Å²) < 4.78 is 11.4. The first-order chi connectivity index (χ1) is 9.25. The van der Waals surface area contributed by atoms with Crippen molar-refractivity contribution in [2.45, 2.75) is 38.3 Å². The first-order valence-electron chi connectivity index (χ1n) is 6.94. The second-order valence-electron chi connectivity index (χ2n) is 5.24. The van der Waals surface area contributed by atoms with Gasteiger partial charge in [-0.15, -0.1) is 0 Å². The van der Waals surface area contributed by atoms with Gasteiger partial charge in [-0.1, -0.05) is 12.1 Å². The molecule has 1 fully saturated rings. The number of carbonyl (C=O) groups excluding carboxylic acids is 1. The van der Waals surface area contributed by atoms with E-state index in [9.17, 15) is 4.79 Å². The predicted octanol–water partition coefficient (Wildman–Crippen LogP) is 2.23. The molecule has 1 saturated heterocycles. The molecular formula is C15H19NO3. The summed E-state index contributed by atoms with van der Waals surface area (Å²) in [6.07, 6.45) is 2.86. The average Bonchev–Trinajstić information content (AvgIpc) is 2.46. The number of hydrogen-bond acceptors (Lipinski definition) is 3. The van der Waals surface area contributed by atoms with Gasteiger partial charge in [0.15, 0.2) is 11.5 Å². The minimum absolute atomic E-state index is 0.0571. The Morgan fingerprint density at radius 1 is 1.26 bits per heavy atom. The van der Waals surface area contributed by atoms with Crippen LogP contribution in [0.15, 0.2) is 24.3 Å². The molecule has 0 saturated carbocycles. The third kappa shape index (κ3) is 2.39. The number of rotatable bonds is 1. The van der Waals surface area contributed by atoms with Gasteiger partial charge < -0.3 is 14.4 Å². The molecule has 4 nitrogen and oxygen atoms in total. The summed E-state index contributed by atoms with van der Waals surface area (Å²) in [4.78, 5) is 14.4. The molecule has 1 aromatic carbocycles. The monoisotopic (exact) mass is 261 g/mol. The Bertz CT molecular complexity index is 474. The Hall–Kier alpha value is -1.71. The summed E-state index contributed by atoms with van der Waals surface area (Å²) in [6, 6.07) is 7.80. The summed E-state index contributed by atoms with van der Waals surface area (Å²) in [6.45, 7) is 3.25. The summed E-state index contributed by atoms with van der Waals surface area (Å²) >= 11 is 0. The van der Waals surface area contributed by atoms with Crippen LogP contribution in [0.3, 0.4) is 0 Å². The highest BCUT2D eigenvalue weighted by molar-refractivity contribution is 5.82. The molecule has 0 spiro atoms. The lowest BCUT2D eigenvalue weighted by atomic mass is 10.0. The fourth-order valence-electron chi connectivity index (χ4n) is 2.75. The lowest BCUT2D eigenvalue weighted by Crippen LogP contribution is -2.51. The van der Waals surface area contributed by atoms with Crippen LogP contribution in [0.2, 0.25) is 0 Å². The minimum Gasteiger partial charge on any atom is -0.485 e. The van der Waals surface area contributed by atoms with Gasteiger partial charge >= 0.3 is 0 Å². The number of piperidine rings is 1. The number of amides is 1. The molecule has 2 aliphatic rings. The molecule has 1 aromatic rings. The maximum Gasteiger partial charge on any atom is 0.267 e. The Kier molecular flexibility index (Phi) is 3.32. The largest absolute Gasteiger partial charge is 0.485 e. The second-order valence-corrected chi connectivity index (χ2v) is 5.24. The zero-order valence-electron chi connectivity index (χ0n) is 11.2. The first-order valence-corrected chi connectivity index (χ1v) is 6.94. The van der Waals surface area contributed by atoms with Gasteiger partial charge in [0.25, 0.3) is 5.91 Å². The van der Waals surface area contributed by atoms with E-state index in [0.717, 1.165) is 25.1 Å². The maximum atomic E-state index is 12.5. The molecule has 0 radical (unpaired) electrons. The highest BCUT2D eigenvalue weighted by atomic mass is 16.6. The molecule has 0 N–H and O–H groups in total. The molecule has 2 heterocycles. The fraction of sp³-hybridized carbons (Fsp3) is 0.533. The van der Waals surface area contributed by atoms with Crippen molar-refractivity contribution >= 4 is 5.91 Å². The molecule has 2 atom stereocenters. The van der Waals surface area contributed by atoms with E-state index in [1.54, 1.807) is 0 Å². The highest BCUT2D eigenvalue weighted by Crippen LogP contribution is 2.31. The normalized spacial score (nSPS) is 26.1. The number of likely N-dealkylation sites (tertiary alicyclic amines) is 1. The Labute approximate surface area is 113 Å². The summed E-state index contributed by atoms with van der Waals surface area (Å²) in [5.74, 6) is 1.44. The van der Waals surface area contributed by atoms with Gasteiger partial charge in [0.1, 0.15) is 6.61 Å². The number of carbonyl (C=O) groups is 1. The van der Waals surface area contributed by atoms with Crippen molar-refractivity contribution in [2.24, 2.45) is 0 Å². The third-order valence-corrected chi connectivity index (χ3v) is 3.87. The molecule has 0 aliphatic carbocycles. The van der Waals surface area contributed by atoms with Gasteiger partial charge in [0.05, 0.1) is 0 Å². The molecule has 0 unspecified atom stereocenters. The molecule has 0 aromatic heterocycles. The third-order valence-electron chi connectivity index (χ3n) is 3.87. The van der Waals surface area contributed by atoms with E-state index in [-0.39, 0.29) is 5.91 Å². The van der Waals surface area contributed by atoms with Crippen LogP contribution in [0.4, 0.5) is 0 Å². The Morgan fingerprint density at radius 2 is 2.05 bits per heavy atom. The zero-order chi connectivity index (χ0) is 13.2. The number of nitrogens with zero attached hydrogens (tertiary/aromatic N) is 1. The van der Waals surface area contributed by atoms with Crippen molar-refractivity contribution in [2.75, 3.05) is 13.2 Å². The van der Waals surface area contributed by atoms with Crippen LogP contribution in [-0.2, 0) is 4.79 Å². The fourth-order valence-corrected chi connectivity index (χ4v) is 2.75. The quantitative estimate of drug-likeness (QED) is 0.778. The van der Waals surface area contributed by atoms with Gasteiger partial charge in [-0.05, 0) is 38.3 Å². The van der Waals surface area contributed by atoms with E-state index < -0.39 is 6.10 Å². The summed E-state index contributed by atoms with van der Waals surface area (Å²) in [5.41, 5.74) is 0. The molecule has 3 rings (SSSR count). The molecule has 2 aliphatic heterocycles. The van der Waals surface area contributed by atoms with Crippen molar-refractivity contribution in [3.05, 3.63) is 24.3 Å². The molecular weight excluding hydrogens is 242 g/mol. The lowest BCUT2D eigenvalue weighted by Gasteiger charge is -2.36. The van der Waals surface area contributed by atoms with Crippen molar-refractivity contribution < 1.29 is 14.3 Å². The molecule has 0 bridgehead atoms. The number of ether oxygens (including phenoxy) is 2. The van der Waals surface area contributed by atoms with Crippen LogP contribution in [-0.4, -0.2) is 36.1 Å². The lowest BCUT2D eigenvalue weighted by molar-refractivity contribution is -0.144. The first kappa shape index (κ1) is 12.3. The van der Waals surface area contributed by atoms with E-state index in [2.05, 4.69) is 6.92 Å². The van der Waals surface area contributed by atoms with Gasteiger partial charge in [-0.25, -0.2) is 0 Å². The number of fused-ring (bicyclic) bond motifs is 1. The number of para-hydroxylation sites is 2.